The summed E-state index contributed by atoms with van der Waals surface area (Å²) in [5.41, 5.74) is 8.68. The highest BCUT2D eigenvalue weighted by molar-refractivity contribution is 5.59. The molecule has 0 amide bonds. The largest absolute Gasteiger partial charge is 0.507 e. The lowest BCUT2D eigenvalue weighted by Gasteiger charge is -2.22. The minimum absolute atomic E-state index is 0.400. The Morgan fingerprint density at radius 2 is 2.12 bits per heavy atom. The van der Waals surface area contributed by atoms with Gasteiger partial charge in [0, 0.05) is 17.3 Å². The molecule has 1 aromatic rings. The molecule has 1 aromatic carbocycles. The molecular formula is C14H22N2O. The molecule has 0 heterocycles. The number of hydrogen-bond donors (Lipinski definition) is 3. The molecule has 0 bridgehead atoms. The van der Waals surface area contributed by atoms with E-state index < -0.39 is 0 Å². The van der Waals surface area contributed by atoms with Gasteiger partial charge in [0.15, 0.2) is 0 Å². The van der Waals surface area contributed by atoms with Crippen molar-refractivity contribution in [2.24, 2.45) is 11.7 Å². The average molecular weight is 234 g/mol. The van der Waals surface area contributed by atoms with Gasteiger partial charge in [-0.05, 0) is 50.8 Å². The van der Waals surface area contributed by atoms with Crippen molar-refractivity contribution in [2.45, 2.75) is 39.2 Å². The van der Waals surface area contributed by atoms with E-state index in [0.29, 0.717) is 17.7 Å². The minimum atomic E-state index is 0.400. The Balaban J connectivity index is 2.16. The summed E-state index contributed by atoms with van der Waals surface area (Å²) in [5, 5.41) is 13.5. The Hall–Kier alpha value is -1.22. The van der Waals surface area contributed by atoms with Crippen LogP contribution in [-0.4, -0.2) is 17.7 Å². The van der Waals surface area contributed by atoms with E-state index in [1.807, 2.05) is 19.9 Å². The van der Waals surface area contributed by atoms with Crippen molar-refractivity contribution in [1.82, 2.24) is 0 Å². The van der Waals surface area contributed by atoms with E-state index in [2.05, 4.69) is 11.4 Å². The normalized spacial score (nSPS) is 23.9. The standard InChI is InChI=1S/C14H22N2O/c1-9-6-7-12(10(2)14(9)17)16-13-5-3-4-11(13)8-15/h6-7,11,13,16-17H,3-5,8,15H2,1-2H3. The van der Waals surface area contributed by atoms with Crippen LogP contribution in [0.1, 0.15) is 30.4 Å². The topological polar surface area (TPSA) is 58.3 Å². The maximum Gasteiger partial charge on any atom is 0.123 e. The molecule has 17 heavy (non-hydrogen) atoms. The molecule has 1 saturated carbocycles. The van der Waals surface area contributed by atoms with Crippen LogP contribution in [0.4, 0.5) is 5.69 Å². The van der Waals surface area contributed by atoms with Gasteiger partial charge in [0.05, 0.1) is 0 Å². The fourth-order valence-electron chi connectivity index (χ4n) is 2.70. The zero-order valence-electron chi connectivity index (χ0n) is 10.7. The van der Waals surface area contributed by atoms with E-state index in [0.717, 1.165) is 23.4 Å². The number of aromatic hydroxyl groups is 1. The molecule has 94 valence electrons. The molecule has 0 aliphatic heterocycles. The highest BCUT2D eigenvalue weighted by atomic mass is 16.3. The second kappa shape index (κ2) is 4.96. The van der Waals surface area contributed by atoms with E-state index in [-0.39, 0.29) is 0 Å². The third kappa shape index (κ3) is 2.39. The van der Waals surface area contributed by atoms with Gasteiger partial charge in [-0.1, -0.05) is 12.5 Å². The van der Waals surface area contributed by atoms with Crippen molar-refractivity contribution in [2.75, 3.05) is 11.9 Å². The first-order valence-corrected chi connectivity index (χ1v) is 6.39. The van der Waals surface area contributed by atoms with Gasteiger partial charge in [0.25, 0.3) is 0 Å². The number of anilines is 1. The maximum atomic E-state index is 9.92. The van der Waals surface area contributed by atoms with Crippen molar-refractivity contribution < 1.29 is 5.11 Å². The van der Waals surface area contributed by atoms with Gasteiger partial charge in [-0.2, -0.15) is 0 Å². The Labute approximate surface area is 103 Å². The van der Waals surface area contributed by atoms with E-state index >= 15 is 0 Å². The fourth-order valence-corrected chi connectivity index (χ4v) is 2.70. The summed E-state index contributed by atoms with van der Waals surface area (Å²) < 4.78 is 0. The van der Waals surface area contributed by atoms with Gasteiger partial charge in [-0.25, -0.2) is 0 Å². The minimum Gasteiger partial charge on any atom is -0.507 e. The maximum absolute atomic E-state index is 9.92. The highest BCUT2D eigenvalue weighted by Gasteiger charge is 2.26. The van der Waals surface area contributed by atoms with E-state index in [1.165, 1.54) is 19.3 Å². The summed E-state index contributed by atoms with van der Waals surface area (Å²) in [6.07, 6.45) is 3.64. The Morgan fingerprint density at radius 1 is 1.35 bits per heavy atom. The van der Waals surface area contributed by atoms with Gasteiger partial charge in [-0.15, -0.1) is 0 Å². The lowest BCUT2D eigenvalue weighted by Crippen LogP contribution is -2.29. The third-order valence-electron chi connectivity index (χ3n) is 3.94. The number of rotatable bonds is 3. The molecule has 0 saturated heterocycles. The van der Waals surface area contributed by atoms with Crippen LogP contribution in [0.2, 0.25) is 0 Å². The number of phenolic OH excluding ortho intramolecular Hbond substituents is 1. The Morgan fingerprint density at radius 3 is 2.82 bits per heavy atom. The van der Waals surface area contributed by atoms with Crippen LogP contribution >= 0.6 is 0 Å². The van der Waals surface area contributed by atoms with Gasteiger partial charge in [0.1, 0.15) is 5.75 Å². The zero-order chi connectivity index (χ0) is 12.4. The monoisotopic (exact) mass is 234 g/mol. The quantitative estimate of drug-likeness (QED) is 0.753. The molecule has 1 fully saturated rings. The molecule has 2 atom stereocenters. The van der Waals surface area contributed by atoms with Crippen LogP contribution in [0, 0.1) is 19.8 Å². The summed E-state index contributed by atoms with van der Waals surface area (Å²) in [4.78, 5) is 0. The number of nitrogens with one attached hydrogen (secondary N) is 1. The summed E-state index contributed by atoms with van der Waals surface area (Å²) in [5.74, 6) is 0.968. The lowest BCUT2D eigenvalue weighted by molar-refractivity contribution is 0.466. The molecule has 0 aromatic heterocycles. The van der Waals surface area contributed by atoms with Crippen LogP contribution in [-0.2, 0) is 0 Å². The predicted octanol–water partition coefficient (Wildman–Crippen LogP) is 2.55. The molecule has 2 unspecified atom stereocenters. The summed E-state index contributed by atoms with van der Waals surface area (Å²) >= 11 is 0. The first kappa shape index (κ1) is 12.2. The molecule has 0 radical (unpaired) electrons. The van der Waals surface area contributed by atoms with Crippen molar-refractivity contribution in [1.29, 1.82) is 0 Å². The molecule has 3 nitrogen and oxygen atoms in total. The molecule has 0 spiro atoms. The van der Waals surface area contributed by atoms with Crippen LogP contribution in [0.3, 0.4) is 0 Å². The zero-order valence-corrected chi connectivity index (χ0v) is 10.7. The van der Waals surface area contributed by atoms with Crippen molar-refractivity contribution in [3.05, 3.63) is 23.3 Å². The number of benzene rings is 1. The van der Waals surface area contributed by atoms with Gasteiger partial charge in [-0.3, -0.25) is 0 Å². The predicted molar refractivity (Wildman–Crippen MR) is 71.4 cm³/mol. The smallest absolute Gasteiger partial charge is 0.123 e. The summed E-state index contributed by atoms with van der Waals surface area (Å²) in [6, 6.07) is 4.47. The molecule has 1 aliphatic carbocycles. The van der Waals surface area contributed by atoms with Gasteiger partial charge < -0.3 is 16.2 Å². The van der Waals surface area contributed by atoms with Gasteiger partial charge in [0.2, 0.25) is 0 Å². The van der Waals surface area contributed by atoms with Gasteiger partial charge >= 0.3 is 0 Å². The van der Waals surface area contributed by atoms with Crippen LogP contribution < -0.4 is 11.1 Å². The van der Waals surface area contributed by atoms with E-state index in [1.54, 1.807) is 0 Å². The second-order valence-electron chi connectivity index (χ2n) is 5.08. The Bertz CT molecular complexity index is 403. The molecule has 4 N–H and O–H groups in total. The Kier molecular flexibility index (Phi) is 3.57. The number of phenols is 1. The van der Waals surface area contributed by atoms with Crippen LogP contribution in [0.15, 0.2) is 12.1 Å². The highest BCUT2D eigenvalue weighted by Crippen LogP contribution is 2.32. The average Bonchev–Trinajstić information content (AvgIpc) is 2.77. The SMILES string of the molecule is Cc1ccc(NC2CCCC2CN)c(C)c1O. The number of hydrogen-bond acceptors (Lipinski definition) is 3. The van der Waals surface area contributed by atoms with Crippen LogP contribution in [0.5, 0.6) is 5.75 Å². The third-order valence-corrected chi connectivity index (χ3v) is 3.94. The van der Waals surface area contributed by atoms with E-state index in [9.17, 15) is 5.11 Å². The molecular weight excluding hydrogens is 212 g/mol. The molecule has 2 rings (SSSR count). The molecule has 1 aliphatic rings. The fraction of sp³-hybridized carbons (Fsp3) is 0.571. The van der Waals surface area contributed by atoms with Crippen molar-refractivity contribution >= 4 is 5.69 Å². The summed E-state index contributed by atoms with van der Waals surface area (Å²) in [6.45, 7) is 4.62. The number of aryl methyl sites for hydroxylation is 1. The van der Waals surface area contributed by atoms with Crippen molar-refractivity contribution in [3.63, 3.8) is 0 Å². The molecule has 3 heteroatoms. The lowest BCUT2D eigenvalue weighted by atomic mass is 10.0. The summed E-state index contributed by atoms with van der Waals surface area (Å²) in [7, 11) is 0. The second-order valence-corrected chi connectivity index (χ2v) is 5.08. The van der Waals surface area contributed by atoms with Crippen molar-refractivity contribution in [3.8, 4) is 5.75 Å². The van der Waals surface area contributed by atoms with E-state index in [4.69, 9.17) is 5.73 Å². The first-order chi connectivity index (χ1) is 8.13. The number of nitrogens with two attached hydrogens (primary N) is 1. The van der Waals surface area contributed by atoms with Crippen LogP contribution in [0.25, 0.3) is 0 Å². The first-order valence-electron chi connectivity index (χ1n) is 6.39.